The van der Waals surface area contributed by atoms with Gasteiger partial charge in [0.05, 0.1) is 0 Å². The topological polar surface area (TPSA) is 78.5 Å². The molecule has 29 heavy (non-hydrogen) atoms. The fraction of sp³-hybridized carbons (Fsp3) is 0.286. The highest BCUT2D eigenvalue weighted by molar-refractivity contribution is 6.10. The summed E-state index contributed by atoms with van der Waals surface area (Å²) in [4.78, 5) is 38.4. The van der Waals surface area contributed by atoms with Crippen LogP contribution < -0.4 is 10.6 Å². The monoisotopic (exact) mass is 401 g/mol. The summed E-state index contributed by atoms with van der Waals surface area (Å²) in [5.41, 5.74) is 0.293. The Morgan fingerprint density at radius 3 is 2.62 bits per heavy atom. The Kier molecular flexibility index (Phi) is 5.37. The molecular formula is C21H21F2N3O3. The summed E-state index contributed by atoms with van der Waals surface area (Å²) in [6, 6.07) is 7.40. The number of para-hydroxylation sites is 1. The lowest BCUT2D eigenvalue weighted by atomic mass is 9.91. The van der Waals surface area contributed by atoms with Gasteiger partial charge < -0.3 is 10.6 Å². The number of carbonyl (C=O) groups is 3. The third-order valence-corrected chi connectivity index (χ3v) is 5.05. The zero-order chi connectivity index (χ0) is 21.3. The molecule has 4 amide bonds. The number of imide groups is 1. The Hall–Kier alpha value is -3.29. The van der Waals surface area contributed by atoms with Gasteiger partial charge in [0.2, 0.25) is 5.91 Å². The first-order valence-electron chi connectivity index (χ1n) is 9.15. The minimum absolute atomic E-state index is 0.300. The Morgan fingerprint density at radius 2 is 1.93 bits per heavy atom. The van der Waals surface area contributed by atoms with Gasteiger partial charge in [0.15, 0.2) is 0 Å². The van der Waals surface area contributed by atoms with Crippen molar-refractivity contribution in [2.75, 3.05) is 11.9 Å². The maximum atomic E-state index is 14.2. The van der Waals surface area contributed by atoms with Crippen molar-refractivity contribution < 1.29 is 23.2 Å². The van der Waals surface area contributed by atoms with E-state index in [9.17, 15) is 23.2 Å². The molecule has 2 aromatic rings. The van der Waals surface area contributed by atoms with Gasteiger partial charge in [0, 0.05) is 11.3 Å². The molecule has 0 aliphatic carbocycles. The van der Waals surface area contributed by atoms with Crippen LogP contribution >= 0.6 is 0 Å². The van der Waals surface area contributed by atoms with Gasteiger partial charge in [-0.1, -0.05) is 25.1 Å². The van der Waals surface area contributed by atoms with Crippen LogP contribution in [0.25, 0.3) is 0 Å². The molecule has 3 rings (SSSR count). The number of amides is 4. The number of rotatable bonds is 5. The first kappa shape index (κ1) is 20.4. The van der Waals surface area contributed by atoms with Gasteiger partial charge in [-0.2, -0.15) is 0 Å². The van der Waals surface area contributed by atoms with E-state index in [-0.39, 0.29) is 5.56 Å². The number of benzene rings is 2. The van der Waals surface area contributed by atoms with Crippen LogP contribution in [0.1, 0.15) is 30.5 Å². The van der Waals surface area contributed by atoms with E-state index in [1.807, 2.05) is 32.0 Å². The van der Waals surface area contributed by atoms with Crippen molar-refractivity contribution in [2.45, 2.75) is 32.7 Å². The number of hydrogen-bond donors (Lipinski definition) is 2. The van der Waals surface area contributed by atoms with Crippen molar-refractivity contribution in [3.8, 4) is 0 Å². The molecule has 1 aliphatic heterocycles. The van der Waals surface area contributed by atoms with Crippen molar-refractivity contribution >= 4 is 23.5 Å². The standard InChI is InChI=1S/C21H21F2N3O3/c1-4-13-7-5-6-12(2)18(13)24-17(27)11-26-19(28)21(3,25-20(26)29)15-10-14(22)8-9-16(15)23/h5-10H,4,11H2,1-3H3,(H,24,27)(H,25,29)/t21-/m1/s1. The maximum absolute atomic E-state index is 14.2. The van der Waals surface area contributed by atoms with E-state index in [0.29, 0.717) is 17.0 Å². The zero-order valence-electron chi connectivity index (χ0n) is 16.3. The smallest absolute Gasteiger partial charge is 0.324 e. The van der Waals surface area contributed by atoms with Crippen LogP contribution in [0, 0.1) is 18.6 Å². The number of carbonyl (C=O) groups excluding carboxylic acids is 3. The molecule has 0 bridgehead atoms. The van der Waals surface area contributed by atoms with Gasteiger partial charge >= 0.3 is 6.03 Å². The minimum atomic E-state index is -1.80. The molecule has 2 N–H and O–H groups in total. The molecule has 0 saturated carbocycles. The zero-order valence-corrected chi connectivity index (χ0v) is 16.3. The summed E-state index contributed by atoms with van der Waals surface area (Å²) >= 11 is 0. The maximum Gasteiger partial charge on any atom is 0.325 e. The summed E-state index contributed by atoms with van der Waals surface area (Å²) in [6.45, 7) is 4.52. The van der Waals surface area contributed by atoms with E-state index in [1.54, 1.807) is 0 Å². The Labute approximate surface area is 166 Å². The third kappa shape index (κ3) is 3.70. The highest BCUT2D eigenvalue weighted by atomic mass is 19.1. The molecule has 1 atom stereocenters. The largest absolute Gasteiger partial charge is 0.325 e. The molecule has 6 nitrogen and oxygen atoms in total. The van der Waals surface area contributed by atoms with Crippen molar-refractivity contribution in [3.05, 3.63) is 64.7 Å². The second-order valence-corrected chi connectivity index (χ2v) is 7.08. The summed E-state index contributed by atoms with van der Waals surface area (Å²) in [6.07, 6.45) is 0.692. The van der Waals surface area contributed by atoms with Crippen molar-refractivity contribution in [2.24, 2.45) is 0 Å². The highest BCUT2D eigenvalue weighted by Gasteiger charge is 2.50. The van der Waals surface area contributed by atoms with Crippen LogP contribution in [0.5, 0.6) is 0 Å². The Balaban J connectivity index is 1.82. The number of urea groups is 1. The van der Waals surface area contributed by atoms with Crippen molar-refractivity contribution in [1.29, 1.82) is 0 Å². The highest BCUT2D eigenvalue weighted by Crippen LogP contribution is 2.31. The van der Waals surface area contributed by atoms with Gasteiger partial charge in [0.1, 0.15) is 23.7 Å². The van der Waals surface area contributed by atoms with Gasteiger partial charge in [0.25, 0.3) is 5.91 Å². The van der Waals surface area contributed by atoms with E-state index >= 15 is 0 Å². The molecule has 0 unspecified atom stereocenters. The first-order valence-corrected chi connectivity index (χ1v) is 9.15. The number of nitrogens with zero attached hydrogens (tertiary/aromatic N) is 1. The predicted molar refractivity (Wildman–Crippen MR) is 103 cm³/mol. The third-order valence-electron chi connectivity index (χ3n) is 5.05. The quantitative estimate of drug-likeness (QED) is 0.755. The molecule has 1 saturated heterocycles. The van der Waals surface area contributed by atoms with Gasteiger partial charge in [-0.05, 0) is 49.6 Å². The van der Waals surface area contributed by atoms with E-state index in [0.717, 1.165) is 29.3 Å². The fourth-order valence-corrected chi connectivity index (χ4v) is 3.43. The van der Waals surface area contributed by atoms with Crippen LogP contribution in [-0.4, -0.2) is 29.3 Å². The summed E-state index contributed by atoms with van der Waals surface area (Å²) in [5, 5.41) is 5.11. The van der Waals surface area contributed by atoms with E-state index in [4.69, 9.17) is 0 Å². The molecule has 1 heterocycles. The van der Waals surface area contributed by atoms with Crippen LogP contribution in [0.2, 0.25) is 0 Å². The Bertz CT molecular complexity index is 1010. The summed E-state index contributed by atoms with van der Waals surface area (Å²) in [5.74, 6) is -2.97. The Morgan fingerprint density at radius 1 is 1.21 bits per heavy atom. The number of nitrogens with one attached hydrogen (secondary N) is 2. The number of anilines is 1. The average Bonchev–Trinajstić information content (AvgIpc) is 2.89. The van der Waals surface area contributed by atoms with Crippen LogP contribution in [-0.2, 0) is 21.5 Å². The molecule has 1 fully saturated rings. The molecule has 0 aromatic heterocycles. The van der Waals surface area contributed by atoms with E-state index in [1.165, 1.54) is 6.92 Å². The molecule has 0 spiro atoms. The van der Waals surface area contributed by atoms with Gasteiger partial charge in [-0.3, -0.25) is 14.5 Å². The molecule has 2 aromatic carbocycles. The van der Waals surface area contributed by atoms with Crippen LogP contribution in [0.4, 0.5) is 19.3 Å². The fourth-order valence-electron chi connectivity index (χ4n) is 3.43. The SMILES string of the molecule is CCc1cccc(C)c1NC(=O)CN1C(=O)N[C@](C)(c2cc(F)ccc2F)C1=O. The van der Waals surface area contributed by atoms with Crippen molar-refractivity contribution in [1.82, 2.24) is 10.2 Å². The van der Waals surface area contributed by atoms with E-state index in [2.05, 4.69) is 10.6 Å². The lowest BCUT2D eigenvalue weighted by Gasteiger charge is -2.23. The summed E-state index contributed by atoms with van der Waals surface area (Å²) in [7, 11) is 0. The first-order chi connectivity index (χ1) is 13.7. The minimum Gasteiger partial charge on any atom is -0.324 e. The average molecular weight is 401 g/mol. The molecule has 1 aliphatic rings. The second-order valence-electron chi connectivity index (χ2n) is 7.08. The van der Waals surface area contributed by atoms with E-state index < -0.39 is 41.6 Å². The number of hydrogen-bond acceptors (Lipinski definition) is 3. The lowest BCUT2D eigenvalue weighted by Crippen LogP contribution is -2.42. The summed E-state index contributed by atoms with van der Waals surface area (Å²) < 4.78 is 27.8. The molecule has 152 valence electrons. The number of aryl methyl sites for hydroxylation is 2. The van der Waals surface area contributed by atoms with Gasteiger partial charge in [-0.25, -0.2) is 13.6 Å². The van der Waals surface area contributed by atoms with Crippen molar-refractivity contribution in [3.63, 3.8) is 0 Å². The predicted octanol–water partition coefficient (Wildman–Crippen LogP) is 3.24. The normalized spacial score (nSPS) is 18.7. The van der Waals surface area contributed by atoms with Crippen LogP contribution in [0.3, 0.4) is 0 Å². The molecule has 8 heteroatoms. The van der Waals surface area contributed by atoms with Crippen LogP contribution in [0.15, 0.2) is 36.4 Å². The lowest BCUT2D eigenvalue weighted by molar-refractivity contribution is -0.133. The number of halogens is 2. The molecular weight excluding hydrogens is 380 g/mol. The van der Waals surface area contributed by atoms with Gasteiger partial charge in [-0.15, -0.1) is 0 Å². The molecule has 0 radical (unpaired) electrons. The second kappa shape index (κ2) is 7.62.